The molecule has 4 rings (SSSR count). The molecule has 200 valence electrons. The number of carbonyl (C=O) groups is 1. The maximum atomic E-state index is 12.1. The number of hydrogen-bond donors (Lipinski definition) is 7. The van der Waals surface area contributed by atoms with Crippen molar-refractivity contribution in [2.45, 2.75) is 94.2 Å². The van der Waals surface area contributed by atoms with E-state index in [0.29, 0.717) is 18.4 Å². The molecular weight excluding hydrogens is 472 g/mol. The van der Waals surface area contributed by atoms with Crippen molar-refractivity contribution in [2.24, 2.45) is 5.41 Å². The Balaban J connectivity index is 1.40. The summed E-state index contributed by atoms with van der Waals surface area (Å²) in [7, 11) is 0. The molecule has 0 saturated carbocycles. The van der Waals surface area contributed by atoms with E-state index in [-0.39, 0.29) is 12.6 Å². The van der Waals surface area contributed by atoms with Gasteiger partial charge in [-0.2, -0.15) is 0 Å². The molecular formula is C22H34O13. The van der Waals surface area contributed by atoms with Crippen molar-refractivity contribution in [3.05, 3.63) is 11.1 Å². The van der Waals surface area contributed by atoms with Crippen molar-refractivity contribution in [1.29, 1.82) is 0 Å². The van der Waals surface area contributed by atoms with Crippen LogP contribution in [0.3, 0.4) is 0 Å². The number of carbonyl (C=O) groups excluding carboxylic acids is 1. The monoisotopic (exact) mass is 506 g/mol. The first-order chi connectivity index (χ1) is 16.4. The topological polar surface area (TPSA) is 205 Å². The first kappa shape index (κ1) is 26.8. The molecule has 3 aliphatic heterocycles. The zero-order valence-electron chi connectivity index (χ0n) is 19.5. The lowest BCUT2D eigenvalue weighted by atomic mass is 9.72. The summed E-state index contributed by atoms with van der Waals surface area (Å²) in [5, 5.41) is 70.4. The second-order valence-corrected chi connectivity index (χ2v) is 10.2. The smallest absolute Gasteiger partial charge is 0.334 e. The highest BCUT2D eigenvalue weighted by Gasteiger charge is 2.49. The number of hydrogen-bond acceptors (Lipinski definition) is 13. The van der Waals surface area contributed by atoms with E-state index in [1.165, 1.54) is 0 Å². The molecule has 2 fully saturated rings. The third-order valence-corrected chi connectivity index (χ3v) is 7.09. The minimum Gasteiger partial charge on any atom is -0.458 e. The van der Waals surface area contributed by atoms with E-state index < -0.39 is 86.1 Å². The molecule has 0 aromatic carbocycles. The quantitative estimate of drug-likeness (QED) is 0.176. The summed E-state index contributed by atoms with van der Waals surface area (Å²) in [6, 6.07) is 0. The van der Waals surface area contributed by atoms with Crippen LogP contribution in [0, 0.1) is 5.41 Å². The second-order valence-electron chi connectivity index (χ2n) is 10.2. The predicted octanol–water partition coefficient (Wildman–Crippen LogP) is -3.33. The van der Waals surface area contributed by atoms with Gasteiger partial charge in [0.2, 0.25) is 0 Å². The number of ether oxygens (including phenoxy) is 5. The third-order valence-electron chi connectivity index (χ3n) is 7.09. The Morgan fingerprint density at radius 3 is 2.14 bits per heavy atom. The van der Waals surface area contributed by atoms with Crippen LogP contribution in [0.5, 0.6) is 0 Å². The van der Waals surface area contributed by atoms with E-state index in [2.05, 4.69) is 0 Å². The van der Waals surface area contributed by atoms with Crippen LogP contribution in [0.15, 0.2) is 11.1 Å². The molecule has 7 N–H and O–H groups in total. The van der Waals surface area contributed by atoms with E-state index in [4.69, 9.17) is 23.7 Å². The van der Waals surface area contributed by atoms with Crippen LogP contribution >= 0.6 is 0 Å². The molecule has 11 atom stereocenters. The van der Waals surface area contributed by atoms with Gasteiger partial charge in [0.25, 0.3) is 0 Å². The van der Waals surface area contributed by atoms with E-state index >= 15 is 0 Å². The van der Waals surface area contributed by atoms with Gasteiger partial charge in [-0.1, -0.05) is 13.8 Å². The fourth-order valence-electron chi connectivity index (χ4n) is 5.22. The van der Waals surface area contributed by atoms with Crippen molar-refractivity contribution in [1.82, 2.24) is 0 Å². The molecule has 0 bridgehead atoms. The fraction of sp³-hybridized carbons (Fsp3) is 0.864. The van der Waals surface area contributed by atoms with Gasteiger partial charge in [0.15, 0.2) is 12.6 Å². The van der Waals surface area contributed by atoms with E-state index in [1.807, 2.05) is 13.8 Å². The molecule has 0 spiro atoms. The minimum absolute atomic E-state index is 0.169. The Bertz CT molecular complexity index is 813. The SMILES string of the molecule is CC1(C)CC(O[C@@H]2O[C@H](CO[C@@H]3O[C@H](CO)[C@@H](O)[C@H](O)[C@H]3O)[C@@H](O)[C@H](O)[C@H]2O)CC2=C1C(=O)OC2. The van der Waals surface area contributed by atoms with Gasteiger partial charge in [0, 0.05) is 5.57 Å². The van der Waals surface area contributed by atoms with E-state index in [9.17, 15) is 40.5 Å². The van der Waals surface area contributed by atoms with Crippen LogP contribution in [0.25, 0.3) is 0 Å². The van der Waals surface area contributed by atoms with Gasteiger partial charge in [-0.05, 0) is 23.8 Å². The number of aliphatic hydroxyl groups excluding tert-OH is 7. The third kappa shape index (κ3) is 5.13. The Morgan fingerprint density at radius 1 is 0.886 bits per heavy atom. The summed E-state index contributed by atoms with van der Waals surface area (Å²) in [4.78, 5) is 12.1. The molecule has 2 saturated heterocycles. The standard InChI is InChI=1S/C22H34O13/c1-22(2)4-9(3-8-6-31-19(30)12(8)22)33-21-18(29)16(27)14(25)11(35-21)7-32-20-17(28)15(26)13(24)10(5-23)34-20/h9-11,13-18,20-21,23-29H,3-7H2,1-2H3/t9?,10-,11-,13-,14-,15+,16+,17-,18-,20-,21-/m1/s1. The molecule has 1 aliphatic carbocycles. The summed E-state index contributed by atoms with van der Waals surface area (Å²) in [6.45, 7) is 2.86. The summed E-state index contributed by atoms with van der Waals surface area (Å²) in [5.41, 5.74) is 0.906. The van der Waals surface area contributed by atoms with Crippen molar-refractivity contribution in [2.75, 3.05) is 19.8 Å². The van der Waals surface area contributed by atoms with Crippen LogP contribution in [0.2, 0.25) is 0 Å². The second kappa shape index (κ2) is 10.3. The molecule has 0 aromatic heterocycles. The first-order valence-corrected chi connectivity index (χ1v) is 11.6. The maximum absolute atomic E-state index is 12.1. The Kier molecular flexibility index (Phi) is 7.87. The Morgan fingerprint density at radius 2 is 1.49 bits per heavy atom. The van der Waals surface area contributed by atoms with Crippen LogP contribution in [-0.4, -0.2) is 129 Å². The largest absolute Gasteiger partial charge is 0.458 e. The molecule has 13 nitrogen and oxygen atoms in total. The molecule has 35 heavy (non-hydrogen) atoms. The van der Waals surface area contributed by atoms with Crippen molar-refractivity contribution >= 4 is 5.97 Å². The highest BCUT2D eigenvalue weighted by Crippen LogP contribution is 2.45. The fourth-order valence-corrected chi connectivity index (χ4v) is 5.22. The van der Waals surface area contributed by atoms with Crippen molar-refractivity contribution in [3.63, 3.8) is 0 Å². The maximum Gasteiger partial charge on any atom is 0.334 e. The summed E-state index contributed by atoms with van der Waals surface area (Å²) < 4.78 is 27.5. The summed E-state index contributed by atoms with van der Waals surface area (Å²) in [5.74, 6) is -0.346. The molecule has 0 radical (unpaired) electrons. The lowest BCUT2D eigenvalue weighted by Crippen LogP contribution is -2.62. The first-order valence-electron chi connectivity index (χ1n) is 11.6. The van der Waals surface area contributed by atoms with Crippen molar-refractivity contribution < 1.29 is 64.2 Å². The molecule has 1 unspecified atom stereocenters. The highest BCUT2D eigenvalue weighted by atomic mass is 16.7. The molecule has 13 heteroatoms. The van der Waals surface area contributed by atoms with Crippen LogP contribution in [0.4, 0.5) is 0 Å². The highest BCUT2D eigenvalue weighted by molar-refractivity contribution is 5.93. The molecule has 4 aliphatic rings. The van der Waals surface area contributed by atoms with Gasteiger partial charge < -0.3 is 59.4 Å². The zero-order chi connectivity index (χ0) is 25.7. The van der Waals surface area contributed by atoms with Gasteiger partial charge in [-0.15, -0.1) is 0 Å². The number of cyclic esters (lactones) is 1. The van der Waals surface area contributed by atoms with Gasteiger partial charge in [0.1, 0.15) is 55.4 Å². The van der Waals surface area contributed by atoms with Gasteiger partial charge in [0.05, 0.1) is 19.3 Å². The summed E-state index contributed by atoms with van der Waals surface area (Å²) in [6.07, 6.45) is -14.5. The lowest BCUT2D eigenvalue weighted by molar-refractivity contribution is -0.336. The van der Waals surface area contributed by atoms with Crippen LogP contribution < -0.4 is 0 Å². The number of aliphatic hydroxyl groups is 7. The molecule has 0 aromatic rings. The summed E-state index contributed by atoms with van der Waals surface area (Å²) >= 11 is 0. The van der Waals surface area contributed by atoms with Crippen LogP contribution in [-0.2, 0) is 28.5 Å². The zero-order valence-corrected chi connectivity index (χ0v) is 19.5. The van der Waals surface area contributed by atoms with E-state index in [0.717, 1.165) is 5.57 Å². The average molecular weight is 507 g/mol. The Hall–Kier alpha value is -1.23. The predicted molar refractivity (Wildman–Crippen MR) is 112 cm³/mol. The lowest BCUT2D eigenvalue weighted by Gasteiger charge is -2.44. The molecule has 3 heterocycles. The van der Waals surface area contributed by atoms with Crippen molar-refractivity contribution in [3.8, 4) is 0 Å². The van der Waals surface area contributed by atoms with Crippen LogP contribution in [0.1, 0.15) is 26.7 Å². The number of rotatable bonds is 6. The molecule has 0 amide bonds. The Labute approximate surface area is 201 Å². The average Bonchev–Trinajstić information content (AvgIpc) is 3.19. The normalized spacial score (nSPS) is 45.9. The van der Waals surface area contributed by atoms with E-state index in [1.54, 1.807) is 0 Å². The number of esters is 1. The minimum atomic E-state index is -1.65. The van der Waals surface area contributed by atoms with Gasteiger partial charge >= 0.3 is 5.97 Å². The van der Waals surface area contributed by atoms with Gasteiger partial charge in [-0.25, -0.2) is 4.79 Å². The van der Waals surface area contributed by atoms with Gasteiger partial charge in [-0.3, -0.25) is 0 Å².